The summed E-state index contributed by atoms with van der Waals surface area (Å²) in [5.41, 5.74) is 2.51. The molecule has 18 heavy (non-hydrogen) atoms. The molecule has 1 N–H and O–H groups in total. The molecule has 4 nitrogen and oxygen atoms in total. The van der Waals surface area contributed by atoms with Crippen LogP contribution in [0.15, 0.2) is 60.0 Å². The zero-order valence-corrected chi connectivity index (χ0v) is 9.56. The van der Waals surface area contributed by atoms with Crippen molar-refractivity contribution in [3.8, 4) is 5.75 Å². The lowest BCUT2D eigenvalue weighted by atomic mass is 10.2. The summed E-state index contributed by atoms with van der Waals surface area (Å²) in [6.07, 6.45) is 3.27. The number of phenolic OH excluding ortho intramolecular Hbond substituents is 1. The second kappa shape index (κ2) is 4.33. The molecular formula is C14H11N3O. The monoisotopic (exact) mass is 237 g/mol. The molecule has 0 aliphatic carbocycles. The van der Waals surface area contributed by atoms with Crippen molar-refractivity contribution < 1.29 is 5.11 Å². The SMILES string of the molecule is Oc1ccccc1/C=N/n1cnc2ccccc21. The van der Waals surface area contributed by atoms with E-state index in [1.807, 2.05) is 30.3 Å². The molecule has 0 amide bonds. The van der Waals surface area contributed by atoms with Crippen molar-refractivity contribution in [2.24, 2.45) is 5.10 Å². The molecule has 2 aromatic carbocycles. The van der Waals surface area contributed by atoms with Gasteiger partial charge in [-0.3, -0.25) is 0 Å². The first-order chi connectivity index (χ1) is 8.84. The van der Waals surface area contributed by atoms with Gasteiger partial charge in [-0.2, -0.15) is 5.10 Å². The summed E-state index contributed by atoms with van der Waals surface area (Å²) in [5.74, 6) is 0.214. The first-order valence-corrected chi connectivity index (χ1v) is 5.59. The van der Waals surface area contributed by atoms with E-state index in [4.69, 9.17) is 0 Å². The van der Waals surface area contributed by atoms with Crippen LogP contribution >= 0.6 is 0 Å². The summed E-state index contributed by atoms with van der Waals surface area (Å²) in [5, 5.41) is 13.9. The highest BCUT2D eigenvalue weighted by atomic mass is 16.3. The molecule has 1 aromatic heterocycles. The molecule has 88 valence electrons. The van der Waals surface area contributed by atoms with Crippen LogP contribution in [-0.4, -0.2) is 21.0 Å². The number of nitrogens with zero attached hydrogens (tertiary/aromatic N) is 3. The molecule has 0 aliphatic heterocycles. The van der Waals surface area contributed by atoms with Crippen molar-refractivity contribution in [1.82, 2.24) is 9.66 Å². The standard InChI is InChI=1S/C14H11N3O/c18-14-8-4-1-5-11(14)9-16-17-10-15-12-6-2-3-7-13(12)17/h1-10,18H/b16-9+. The predicted molar refractivity (Wildman–Crippen MR) is 70.8 cm³/mol. The van der Waals surface area contributed by atoms with Gasteiger partial charge in [0.25, 0.3) is 0 Å². The number of rotatable bonds is 2. The van der Waals surface area contributed by atoms with Gasteiger partial charge in [0.2, 0.25) is 0 Å². The number of phenols is 1. The van der Waals surface area contributed by atoms with Crippen molar-refractivity contribution in [3.63, 3.8) is 0 Å². The minimum Gasteiger partial charge on any atom is -0.507 e. The first kappa shape index (κ1) is 10.5. The van der Waals surface area contributed by atoms with Crippen molar-refractivity contribution in [1.29, 1.82) is 0 Å². The van der Waals surface area contributed by atoms with Gasteiger partial charge in [-0.15, -0.1) is 0 Å². The highest BCUT2D eigenvalue weighted by Gasteiger charge is 1.99. The van der Waals surface area contributed by atoms with Crippen LogP contribution in [0.1, 0.15) is 5.56 Å². The Hall–Kier alpha value is -2.62. The highest BCUT2D eigenvalue weighted by molar-refractivity contribution is 5.84. The Labute approximate surface area is 104 Å². The average Bonchev–Trinajstić information content (AvgIpc) is 2.81. The van der Waals surface area contributed by atoms with Crippen molar-refractivity contribution >= 4 is 17.2 Å². The number of imidazole rings is 1. The molecule has 0 bridgehead atoms. The summed E-state index contributed by atoms with van der Waals surface area (Å²) in [7, 11) is 0. The fourth-order valence-corrected chi connectivity index (χ4v) is 1.76. The van der Waals surface area contributed by atoms with Crippen molar-refractivity contribution in [2.75, 3.05) is 0 Å². The van der Waals surface area contributed by atoms with E-state index < -0.39 is 0 Å². The minimum atomic E-state index is 0.214. The van der Waals surface area contributed by atoms with E-state index in [2.05, 4.69) is 10.1 Å². The van der Waals surface area contributed by atoms with Gasteiger partial charge >= 0.3 is 0 Å². The minimum absolute atomic E-state index is 0.214. The largest absolute Gasteiger partial charge is 0.507 e. The zero-order valence-electron chi connectivity index (χ0n) is 9.56. The molecule has 0 aliphatic rings. The Bertz CT molecular complexity index is 716. The lowest BCUT2D eigenvalue weighted by Crippen LogP contribution is -1.89. The fraction of sp³-hybridized carbons (Fsp3) is 0. The van der Waals surface area contributed by atoms with Crippen LogP contribution in [0, 0.1) is 0 Å². The Morgan fingerprint density at radius 3 is 2.72 bits per heavy atom. The molecule has 0 saturated heterocycles. The van der Waals surface area contributed by atoms with E-state index in [1.54, 1.807) is 35.4 Å². The van der Waals surface area contributed by atoms with Crippen LogP contribution < -0.4 is 0 Å². The van der Waals surface area contributed by atoms with Crippen LogP contribution in [-0.2, 0) is 0 Å². The lowest BCUT2D eigenvalue weighted by Gasteiger charge is -1.98. The lowest BCUT2D eigenvalue weighted by molar-refractivity contribution is 0.474. The first-order valence-electron chi connectivity index (χ1n) is 5.59. The second-order valence-corrected chi connectivity index (χ2v) is 3.88. The number of para-hydroxylation sites is 3. The van der Waals surface area contributed by atoms with Gasteiger partial charge in [-0.25, -0.2) is 9.66 Å². The number of benzene rings is 2. The maximum Gasteiger partial charge on any atom is 0.124 e. The average molecular weight is 237 g/mol. The maximum absolute atomic E-state index is 9.64. The second-order valence-electron chi connectivity index (χ2n) is 3.88. The van der Waals surface area contributed by atoms with Crippen molar-refractivity contribution in [3.05, 3.63) is 60.4 Å². The molecule has 0 unspecified atom stereocenters. The zero-order chi connectivity index (χ0) is 12.4. The predicted octanol–water partition coefficient (Wildman–Crippen LogP) is 2.62. The fourth-order valence-electron chi connectivity index (χ4n) is 1.76. The van der Waals surface area contributed by atoms with Crippen LogP contribution in [0.25, 0.3) is 11.0 Å². The normalized spacial score (nSPS) is 11.3. The molecule has 4 heteroatoms. The number of hydrogen-bond acceptors (Lipinski definition) is 3. The molecule has 3 aromatic rings. The number of aromatic nitrogens is 2. The Morgan fingerprint density at radius 1 is 1.06 bits per heavy atom. The van der Waals surface area contributed by atoms with E-state index in [0.29, 0.717) is 5.56 Å². The van der Waals surface area contributed by atoms with E-state index in [1.165, 1.54) is 0 Å². The van der Waals surface area contributed by atoms with Crippen LogP contribution in [0.2, 0.25) is 0 Å². The highest BCUT2D eigenvalue weighted by Crippen LogP contribution is 2.14. The van der Waals surface area contributed by atoms with Gasteiger partial charge in [0.05, 0.1) is 17.2 Å². The summed E-state index contributed by atoms with van der Waals surface area (Å²) in [6, 6.07) is 14.8. The van der Waals surface area contributed by atoms with E-state index >= 15 is 0 Å². The Kier molecular flexibility index (Phi) is 2.53. The van der Waals surface area contributed by atoms with Crippen molar-refractivity contribution in [2.45, 2.75) is 0 Å². The molecule has 0 fully saturated rings. The third-order valence-electron chi connectivity index (χ3n) is 2.69. The third-order valence-corrected chi connectivity index (χ3v) is 2.69. The quantitative estimate of drug-likeness (QED) is 0.696. The number of hydrogen-bond donors (Lipinski definition) is 1. The van der Waals surface area contributed by atoms with Gasteiger partial charge in [-0.1, -0.05) is 24.3 Å². The smallest absolute Gasteiger partial charge is 0.124 e. The van der Waals surface area contributed by atoms with Gasteiger partial charge < -0.3 is 5.11 Å². The van der Waals surface area contributed by atoms with Gasteiger partial charge in [0, 0.05) is 5.56 Å². The van der Waals surface area contributed by atoms with Gasteiger partial charge in [0.1, 0.15) is 12.1 Å². The van der Waals surface area contributed by atoms with Gasteiger partial charge in [0.15, 0.2) is 0 Å². The third kappa shape index (κ3) is 1.84. The summed E-state index contributed by atoms with van der Waals surface area (Å²) < 4.78 is 1.68. The van der Waals surface area contributed by atoms with E-state index in [0.717, 1.165) is 11.0 Å². The Balaban J connectivity index is 2.00. The number of aromatic hydroxyl groups is 1. The molecule has 3 rings (SSSR count). The van der Waals surface area contributed by atoms with E-state index in [9.17, 15) is 5.11 Å². The van der Waals surface area contributed by atoms with Crippen LogP contribution in [0.4, 0.5) is 0 Å². The molecule has 0 radical (unpaired) electrons. The number of fused-ring (bicyclic) bond motifs is 1. The Morgan fingerprint density at radius 2 is 1.83 bits per heavy atom. The topological polar surface area (TPSA) is 50.4 Å². The van der Waals surface area contributed by atoms with Crippen LogP contribution in [0.5, 0.6) is 5.75 Å². The summed E-state index contributed by atoms with van der Waals surface area (Å²) in [6.45, 7) is 0. The summed E-state index contributed by atoms with van der Waals surface area (Å²) in [4.78, 5) is 4.24. The maximum atomic E-state index is 9.64. The molecule has 0 saturated carbocycles. The van der Waals surface area contributed by atoms with Crippen LogP contribution in [0.3, 0.4) is 0 Å². The molecular weight excluding hydrogens is 226 g/mol. The molecule has 0 spiro atoms. The molecule has 1 heterocycles. The van der Waals surface area contributed by atoms with E-state index in [-0.39, 0.29) is 5.75 Å². The van der Waals surface area contributed by atoms with Gasteiger partial charge in [-0.05, 0) is 24.3 Å². The molecule has 0 atom stereocenters. The summed E-state index contributed by atoms with van der Waals surface area (Å²) >= 11 is 0.